The molecule has 0 radical (unpaired) electrons. The maximum atomic E-state index is 12.5. The number of ether oxygens (including phenoxy) is 1. The Balaban J connectivity index is 1.97. The molecule has 7 heteroatoms. The summed E-state index contributed by atoms with van der Waals surface area (Å²) < 4.78 is 5.67. The van der Waals surface area contributed by atoms with Crippen molar-refractivity contribution < 1.29 is 9.53 Å². The van der Waals surface area contributed by atoms with Crippen LogP contribution in [0.15, 0.2) is 18.5 Å². The van der Waals surface area contributed by atoms with Gasteiger partial charge in [0.15, 0.2) is 0 Å². The van der Waals surface area contributed by atoms with Crippen molar-refractivity contribution in [2.24, 2.45) is 5.92 Å². The molecule has 1 aliphatic carbocycles. The predicted octanol–water partition coefficient (Wildman–Crippen LogP) is 1.81. The van der Waals surface area contributed by atoms with Gasteiger partial charge in [-0.3, -0.25) is 4.79 Å². The zero-order chi connectivity index (χ0) is 18.2. The van der Waals surface area contributed by atoms with E-state index in [1.165, 1.54) is 25.5 Å². The molecule has 1 aromatic rings. The van der Waals surface area contributed by atoms with Gasteiger partial charge in [-0.15, -0.1) is 0 Å². The van der Waals surface area contributed by atoms with E-state index in [2.05, 4.69) is 15.6 Å². The van der Waals surface area contributed by atoms with Crippen molar-refractivity contribution in [1.29, 1.82) is 5.41 Å². The molecule has 7 nitrogen and oxygen atoms in total. The Morgan fingerprint density at radius 3 is 2.92 bits per heavy atom. The van der Waals surface area contributed by atoms with Crippen LogP contribution in [-0.2, 0) is 4.74 Å². The van der Waals surface area contributed by atoms with Crippen molar-refractivity contribution in [2.75, 3.05) is 26.0 Å². The Bertz CT molecular complexity index is 640. The van der Waals surface area contributed by atoms with Gasteiger partial charge < -0.3 is 26.5 Å². The molecule has 136 valence electrons. The van der Waals surface area contributed by atoms with E-state index in [1.807, 2.05) is 6.92 Å². The van der Waals surface area contributed by atoms with E-state index in [1.54, 1.807) is 25.5 Å². The second kappa shape index (κ2) is 9.17. The first-order valence-electron chi connectivity index (χ1n) is 8.57. The number of nitrogen functional groups attached to an aromatic ring is 1. The highest BCUT2D eigenvalue weighted by Crippen LogP contribution is 2.26. The Hall–Kier alpha value is -2.41. The molecule has 1 aromatic heterocycles. The SMILES string of the molecule is CN/C=C(\C=N)c1cnc(N)c(C(=O)NC(C)COCC2CCC2)c1. The average Bonchev–Trinajstić information content (AvgIpc) is 2.55. The average molecular weight is 345 g/mol. The zero-order valence-electron chi connectivity index (χ0n) is 14.8. The van der Waals surface area contributed by atoms with Crippen LogP contribution in [0.2, 0.25) is 0 Å². The van der Waals surface area contributed by atoms with E-state index in [0.29, 0.717) is 29.2 Å². The van der Waals surface area contributed by atoms with Gasteiger partial charge in [0, 0.05) is 49.4 Å². The highest BCUT2D eigenvalue weighted by Gasteiger charge is 2.19. The van der Waals surface area contributed by atoms with Crippen molar-refractivity contribution in [3.63, 3.8) is 0 Å². The standard InChI is InChI=1S/C18H27N5O2/c1-12(10-25-11-13-4-3-5-13)23-18(24)16-6-14(9-22-17(16)20)15(7-19)8-21-2/h6-9,12-13,19,21H,3-5,10-11H2,1-2H3,(H2,20,22)(H,23,24)/b15-8+,19-7?. The topological polar surface area (TPSA) is 113 Å². The quantitative estimate of drug-likeness (QED) is 0.510. The number of aromatic nitrogens is 1. The van der Waals surface area contributed by atoms with Gasteiger partial charge in [0.1, 0.15) is 5.82 Å². The molecule has 5 N–H and O–H groups in total. The molecule has 0 spiro atoms. The van der Waals surface area contributed by atoms with Crippen LogP contribution in [0.4, 0.5) is 5.82 Å². The van der Waals surface area contributed by atoms with Crippen molar-refractivity contribution >= 4 is 23.5 Å². The first-order chi connectivity index (χ1) is 12.0. The Kier molecular flexibility index (Phi) is 6.94. The fourth-order valence-corrected chi connectivity index (χ4v) is 2.59. The van der Waals surface area contributed by atoms with Gasteiger partial charge in [-0.1, -0.05) is 6.42 Å². The third-order valence-corrected chi connectivity index (χ3v) is 4.28. The number of carbonyl (C=O) groups is 1. The summed E-state index contributed by atoms with van der Waals surface area (Å²) in [5.41, 5.74) is 7.41. The number of rotatable bonds is 9. The molecule has 0 aliphatic heterocycles. The number of pyridine rings is 1. The van der Waals surface area contributed by atoms with Gasteiger partial charge in [0.25, 0.3) is 5.91 Å². The van der Waals surface area contributed by atoms with Crippen LogP contribution in [0.25, 0.3) is 5.57 Å². The van der Waals surface area contributed by atoms with Crippen molar-refractivity contribution in [2.45, 2.75) is 32.2 Å². The van der Waals surface area contributed by atoms with E-state index in [-0.39, 0.29) is 17.8 Å². The lowest BCUT2D eigenvalue weighted by molar-refractivity contribution is 0.0562. The number of carbonyl (C=O) groups excluding carboxylic acids is 1. The number of amides is 1. The minimum Gasteiger partial charge on any atom is -0.393 e. The number of nitrogens with zero attached hydrogens (tertiary/aromatic N) is 1. The number of anilines is 1. The van der Waals surface area contributed by atoms with Crippen LogP contribution in [0.5, 0.6) is 0 Å². The smallest absolute Gasteiger partial charge is 0.255 e. The summed E-state index contributed by atoms with van der Waals surface area (Å²) in [6, 6.07) is 1.53. The summed E-state index contributed by atoms with van der Waals surface area (Å²) in [6.07, 6.45) is 8.19. The van der Waals surface area contributed by atoms with Crippen LogP contribution in [-0.4, -0.2) is 43.4 Å². The molecule has 1 amide bonds. The van der Waals surface area contributed by atoms with Gasteiger partial charge in [0.05, 0.1) is 12.2 Å². The highest BCUT2D eigenvalue weighted by atomic mass is 16.5. The van der Waals surface area contributed by atoms with Crippen LogP contribution < -0.4 is 16.4 Å². The van der Waals surface area contributed by atoms with Gasteiger partial charge in [-0.05, 0) is 31.7 Å². The number of nitrogens with two attached hydrogens (primary N) is 1. The third kappa shape index (κ3) is 5.29. The largest absolute Gasteiger partial charge is 0.393 e. The predicted molar refractivity (Wildman–Crippen MR) is 99.6 cm³/mol. The Morgan fingerprint density at radius 1 is 1.56 bits per heavy atom. The fourth-order valence-electron chi connectivity index (χ4n) is 2.59. The van der Waals surface area contributed by atoms with Crippen LogP contribution >= 0.6 is 0 Å². The molecular weight excluding hydrogens is 318 g/mol. The van der Waals surface area contributed by atoms with Gasteiger partial charge in [0.2, 0.25) is 0 Å². The molecule has 1 heterocycles. The summed E-state index contributed by atoms with van der Waals surface area (Å²) in [6.45, 7) is 3.13. The lowest BCUT2D eigenvalue weighted by atomic mass is 9.86. The van der Waals surface area contributed by atoms with Crippen molar-refractivity contribution in [3.8, 4) is 0 Å². The normalized spacial score (nSPS) is 16.0. The summed E-state index contributed by atoms with van der Waals surface area (Å²) in [5.74, 6) is 0.552. The number of hydrogen-bond acceptors (Lipinski definition) is 6. The molecule has 1 aliphatic rings. The van der Waals surface area contributed by atoms with Gasteiger partial charge >= 0.3 is 0 Å². The molecule has 2 rings (SSSR count). The molecule has 1 atom stereocenters. The summed E-state index contributed by atoms with van der Waals surface area (Å²) in [4.78, 5) is 16.6. The second-order valence-corrected chi connectivity index (χ2v) is 6.40. The lowest BCUT2D eigenvalue weighted by Crippen LogP contribution is -2.37. The number of nitrogens with one attached hydrogen (secondary N) is 3. The molecule has 1 fully saturated rings. The van der Waals surface area contributed by atoms with Crippen LogP contribution in [0.3, 0.4) is 0 Å². The van der Waals surface area contributed by atoms with Crippen LogP contribution in [0, 0.1) is 11.3 Å². The minimum absolute atomic E-state index is 0.120. The van der Waals surface area contributed by atoms with Crippen LogP contribution in [0.1, 0.15) is 42.1 Å². The van der Waals surface area contributed by atoms with E-state index in [9.17, 15) is 4.79 Å². The number of allylic oxidation sites excluding steroid dienone is 1. The molecule has 0 saturated heterocycles. The molecule has 1 saturated carbocycles. The Morgan fingerprint density at radius 2 is 2.32 bits per heavy atom. The summed E-state index contributed by atoms with van der Waals surface area (Å²) in [5, 5.41) is 13.2. The van der Waals surface area contributed by atoms with E-state index >= 15 is 0 Å². The molecule has 25 heavy (non-hydrogen) atoms. The monoisotopic (exact) mass is 345 g/mol. The molecule has 0 aromatic carbocycles. The van der Waals surface area contributed by atoms with Gasteiger partial charge in [-0.2, -0.15) is 0 Å². The van der Waals surface area contributed by atoms with E-state index in [0.717, 1.165) is 6.61 Å². The van der Waals surface area contributed by atoms with Crippen molar-refractivity contribution in [3.05, 3.63) is 29.6 Å². The minimum atomic E-state index is -0.291. The van der Waals surface area contributed by atoms with E-state index in [4.69, 9.17) is 15.9 Å². The maximum Gasteiger partial charge on any atom is 0.255 e. The molecular formula is C18H27N5O2. The highest BCUT2D eigenvalue weighted by molar-refractivity contribution is 6.09. The first-order valence-corrected chi connectivity index (χ1v) is 8.57. The summed E-state index contributed by atoms with van der Waals surface area (Å²) >= 11 is 0. The third-order valence-electron chi connectivity index (χ3n) is 4.28. The van der Waals surface area contributed by atoms with Crippen molar-refractivity contribution in [1.82, 2.24) is 15.6 Å². The first kappa shape index (κ1) is 18.9. The molecule has 0 bridgehead atoms. The maximum absolute atomic E-state index is 12.5. The zero-order valence-corrected chi connectivity index (χ0v) is 14.8. The van der Waals surface area contributed by atoms with Gasteiger partial charge in [-0.25, -0.2) is 4.98 Å². The molecule has 1 unspecified atom stereocenters. The summed E-state index contributed by atoms with van der Waals surface area (Å²) in [7, 11) is 1.74. The lowest BCUT2D eigenvalue weighted by Gasteiger charge is -2.25. The fraction of sp³-hybridized carbons (Fsp3) is 0.500. The van der Waals surface area contributed by atoms with E-state index < -0.39 is 0 Å². The number of hydrogen-bond donors (Lipinski definition) is 4. The second-order valence-electron chi connectivity index (χ2n) is 6.40. The Labute approximate surface area is 148 Å².